The number of fused-ring (bicyclic) bond motifs is 1. The maximum absolute atomic E-state index is 11.8. The molecule has 0 fully saturated rings. The normalized spacial score (nSPS) is 11.1. The number of aromatic nitrogens is 3. The second kappa shape index (κ2) is 4.40. The van der Waals surface area contributed by atoms with Gasteiger partial charge in [-0.15, -0.1) is 0 Å². The van der Waals surface area contributed by atoms with E-state index in [9.17, 15) is 4.79 Å². The van der Waals surface area contributed by atoms with Gasteiger partial charge in [-0.2, -0.15) is 0 Å². The lowest BCUT2D eigenvalue weighted by Crippen LogP contribution is -2.09. The molecule has 2 N–H and O–H groups in total. The van der Waals surface area contributed by atoms with Crippen LogP contribution in [0.2, 0.25) is 10.0 Å². The van der Waals surface area contributed by atoms with Gasteiger partial charge in [0, 0.05) is 5.69 Å². The number of H-pyrrole nitrogens is 2. The molecule has 0 aliphatic rings. The molecule has 4 nitrogen and oxygen atoms in total. The quantitative estimate of drug-likeness (QED) is 0.721. The van der Waals surface area contributed by atoms with Crippen molar-refractivity contribution in [3.05, 3.63) is 50.5 Å². The van der Waals surface area contributed by atoms with Crippen molar-refractivity contribution in [2.75, 3.05) is 0 Å². The van der Waals surface area contributed by atoms with Crippen LogP contribution in [-0.2, 0) is 0 Å². The first-order valence-corrected chi connectivity index (χ1v) is 6.35. The summed E-state index contributed by atoms with van der Waals surface area (Å²) in [6, 6.07) is 7.11. The summed E-state index contributed by atoms with van der Waals surface area (Å²) in [5.74, 6) is 0.581. The Morgan fingerprint density at radius 3 is 2.63 bits per heavy atom. The lowest BCUT2D eigenvalue weighted by atomic mass is 10.1. The molecule has 0 aliphatic carbocycles. The molecule has 2 aromatic heterocycles. The topological polar surface area (TPSA) is 61.5 Å². The molecule has 0 bridgehead atoms. The zero-order chi connectivity index (χ0) is 13.6. The van der Waals surface area contributed by atoms with Crippen molar-refractivity contribution in [2.24, 2.45) is 0 Å². The van der Waals surface area contributed by atoms with Crippen LogP contribution in [0, 0.1) is 6.92 Å². The van der Waals surface area contributed by atoms with Crippen molar-refractivity contribution in [3.8, 4) is 11.3 Å². The van der Waals surface area contributed by atoms with Gasteiger partial charge in [0.25, 0.3) is 5.56 Å². The van der Waals surface area contributed by atoms with Crippen LogP contribution in [0.25, 0.3) is 22.3 Å². The minimum Gasteiger partial charge on any atom is -0.349 e. The minimum absolute atomic E-state index is 0.186. The van der Waals surface area contributed by atoms with E-state index in [1.54, 1.807) is 19.1 Å². The van der Waals surface area contributed by atoms with Crippen molar-refractivity contribution in [1.29, 1.82) is 0 Å². The summed E-state index contributed by atoms with van der Waals surface area (Å²) in [6.45, 7) is 1.74. The van der Waals surface area contributed by atoms with Gasteiger partial charge in [-0.3, -0.25) is 4.79 Å². The second-order valence-corrected chi connectivity index (χ2v) is 5.04. The smallest absolute Gasteiger partial charge is 0.275 e. The van der Waals surface area contributed by atoms with Gasteiger partial charge < -0.3 is 9.97 Å². The maximum atomic E-state index is 11.8. The summed E-state index contributed by atoms with van der Waals surface area (Å²) in [5, 5.41) is 0.962. The van der Waals surface area contributed by atoms with Crippen molar-refractivity contribution in [1.82, 2.24) is 15.0 Å². The number of hydrogen-bond acceptors (Lipinski definition) is 2. The molecular formula is C13H9Cl2N3O. The Labute approximate surface area is 118 Å². The molecule has 3 aromatic rings. The zero-order valence-corrected chi connectivity index (χ0v) is 11.4. The van der Waals surface area contributed by atoms with E-state index in [2.05, 4.69) is 15.0 Å². The standard InChI is InChI=1S/C13H9Cl2N3O/c1-6-16-11-5-10(18-12(11)13(19)17-6)7-2-3-8(14)9(15)4-7/h2-5,18H,1H3,(H,16,17,19). The molecule has 0 spiro atoms. The number of nitrogens with zero attached hydrogens (tertiary/aromatic N) is 1. The highest BCUT2D eigenvalue weighted by Crippen LogP contribution is 2.28. The highest BCUT2D eigenvalue weighted by Gasteiger charge is 2.09. The number of hydrogen-bond donors (Lipinski definition) is 2. The molecule has 1 aromatic carbocycles. The Morgan fingerprint density at radius 2 is 1.89 bits per heavy atom. The Bertz CT molecular complexity index is 836. The van der Waals surface area contributed by atoms with E-state index < -0.39 is 0 Å². The molecule has 0 saturated heterocycles. The highest BCUT2D eigenvalue weighted by molar-refractivity contribution is 6.42. The fraction of sp³-hybridized carbons (Fsp3) is 0.0769. The summed E-state index contributed by atoms with van der Waals surface area (Å²) < 4.78 is 0. The van der Waals surface area contributed by atoms with E-state index in [0.29, 0.717) is 26.9 Å². The van der Waals surface area contributed by atoms with Gasteiger partial charge in [0.05, 0.1) is 15.6 Å². The van der Waals surface area contributed by atoms with Crippen molar-refractivity contribution in [2.45, 2.75) is 6.92 Å². The monoisotopic (exact) mass is 293 g/mol. The molecule has 2 heterocycles. The Kier molecular flexibility index (Phi) is 2.84. The van der Waals surface area contributed by atoms with Crippen molar-refractivity contribution < 1.29 is 0 Å². The first kappa shape index (κ1) is 12.3. The third-order valence-corrected chi connectivity index (χ3v) is 3.58. The largest absolute Gasteiger partial charge is 0.349 e. The molecule has 19 heavy (non-hydrogen) atoms. The van der Waals surface area contributed by atoms with Crippen LogP contribution in [0.4, 0.5) is 0 Å². The Hall–Kier alpha value is -1.78. The van der Waals surface area contributed by atoms with Gasteiger partial charge in [-0.1, -0.05) is 29.3 Å². The lowest BCUT2D eigenvalue weighted by molar-refractivity contribution is 1.06. The lowest BCUT2D eigenvalue weighted by Gasteiger charge is -2.00. The average Bonchev–Trinajstić information content (AvgIpc) is 2.76. The van der Waals surface area contributed by atoms with E-state index in [1.807, 2.05) is 12.1 Å². The maximum Gasteiger partial charge on any atom is 0.275 e. The van der Waals surface area contributed by atoms with E-state index in [1.165, 1.54) is 0 Å². The summed E-state index contributed by atoms with van der Waals surface area (Å²) >= 11 is 11.9. The average molecular weight is 294 g/mol. The van der Waals surface area contributed by atoms with Crippen LogP contribution < -0.4 is 5.56 Å². The molecular weight excluding hydrogens is 285 g/mol. The van der Waals surface area contributed by atoms with Crippen LogP contribution in [0.3, 0.4) is 0 Å². The SMILES string of the molecule is Cc1nc2cc(-c3ccc(Cl)c(Cl)c3)[nH]c2c(=O)[nH]1. The fourth-order valence-electron chi connectivity index (χ4n) is 1.96. The van der Waals surface area contributed by atoms with Gasteiger partial charge >= 0.3 is 0 Å². The Balaban J connectivity index is 2.23. The van der Waals surface area contributed by atoms with Crippen molar-refractivity contribution in [3.63, 3.8) is 0 Å². The zero-order valence-electron chi connectivity index (χ0n) is 9.92. The van der Waals surface area contributed by atoms with E-state index in [4.69, 9.17) is 23.2 Å². The predicted molar refractivity (Wildman–Crippen MR) is 76.9 cm³/mol. The molecule has 0 saturated carbocycles. The number of aromatic amines is 2. The molecule has 0 unspecified atom stereocenters. The number of nitrogens with one attached hydrogen (secondary N) is 2. The predicted octanol–water partition coefficient (Wildman–Crippen LogP) is 3.53. The molecule has 0 amide bonds. The van der Waals surface area contributed by atoms with Crippen LogP contribution in [0.1, 0.15) is 5.82 Å². The fourth-order valence-corrected chi connectivity index (χ4v) is 2.26. The Morgan fingerprint density at radius 1 is 1.11 bits per heavy atom. The number of halogens is 2. The van der Waals surface area contributed by atoms with Crippen LogP contribution in [0.15, 0.2) is 29.1 Å². The summed E-state index contributed by atoms with van der Waals surface area (Å²) in [7, 11) is 0. The number of rotatable bonds is 1. The van der Waals surface area contributed by atoms with Crippen LogP contribution >= 0.6 is 23.2 Å². The highest BCUT2D eigenvalue weighted by atomic mass is 35.5. The van der Waals surface area contributed by atoms with Gasteiger partial charge in [0.2, 0.25) is 0 Å². The third kappa shape index (κ3) is 2.13. The van der Waals surface area contributed by atoms with Gasteiger partial charge in [-0.05, 0) is 30.7 Å². The summed E-state index contributed by atoms with van der Waals surface area (Å²) in [5.41, 5.74) is 2.52. The van der Waals surface area contributed by atoms with Gasteiger partial charge in [0.1, 0.15) is 11.3 Å². The van der Waals surface area contributed by atoms with Crippen LogP contribution in [0.5, 0.6) is 0 Å². The molecule has 0 aliphatic heterocycles. The van der Waals surface area contributed by atoms with Gasteiger partial charge in [-0.25, -0.2) is 4.98 Å². The molecule has 0 radical (unpaired) electrons. The van der Waals surface area contributed by atoms with Gasteiger partial charge in [0.15, 0.2) is 0 Å². The third-order valence-electron chi connectivity index (χ3n) is 2.84. The first-order chi connectivity index (χ1) is 9.04. The first-order valence-electron chi connectivity index (χ1n) is 5.59. The minimum atomic E-state index is -0.186. The number of benzene rings is 1. The van der Waals surface area contributed by atoms with E-state index >= 15 is 0 Å². The van der Waals surface area contributed by atoms with E-state index in [0.717, 1.165) is 11.3 Å². The van der Waals surface area contributed by atoms with E-state index in [-0.39, 0.29) is 5.56 Å². The number of aryl methyl sites for hydroxylation is 1. The second-order valence-electron chi connectivity index (χ2n) is 4.22. The summed E-state index contributed by atoms with van der Waals surface area (Å²) in [6.07, 6.45) is 0. The summed E-state index contributed by atoms with van der Waals surface area (Å²) in [4.78, 5) is 21.8. The molecule has 0 atom stereocenters. The molecule has 96 valence electrons. The molecule has 6 heteroatoms. The van der Waals surface area contributed by atoms with Crippen molar-refractivity contribution >= 4 is 34.2 Å². The van der Waals surface area contributed by atoms with Crippen LogP contribution in [-0.4, -0.2) is 15.0 Å². The molecule has 3 rings (SSSR count).